The summed E-state index contributed by atoms with van der Waals surface area (Å²) in [5.41, 5.74) is 0.810. The number of guanidine groups is 1. The number of hydrogen-bond acceptors (Lipinski definition) is 4. The van der Waals surface area contributed by atoms with Crippen LogP contribution in [0.5, 0.6) is 5.75 Å². The average Bonchev–Trinajstić information content (AvgIpc) is 2.62. The Kier molecular flexibility index (Phi) is 10.8. The lowest BCUT2D eigenvalue weighted by molar-refractivity contribution is 0.185. The maximum absolute atomic E-state index is 10.5. The molecule has 0 heterocycles. The smallest absolute Gasteiger partial charge is 0.191 e. The molecule has 154 valence electrons. The average molecular weight is 379 g/mol. The van der Waals surface area contributed by atoms with Gasteiger partial charge in [0, 0.05) is 25.7 Å². The van der Waals surface area contributed by atoms with Gasteiger partial charge in [-0.25, -0.2) is 0 Å². The van der Waals surface area contributed by atoms with Crippen LogP contribution < -0.4 is 15.4 Å². The van der Waals surface area contributed by atoms with Crippen molar-refractivity contribution in [2.75, 3.05) is 32.7 Å². The third-order valence-electron chi connectivity index (χ3n) is 4.21. The highest BCUT2D eigenvalue weighted by Gasteiger charge is 2.10. The Morgan fingerprint density at radius 3 is 2.52 bits per heavy atom. The van der Waals surface area contributed by atoms with E-state index in [-0.39, 0.29) is 6.10 Å². The first-order valence-corrected chi connectivity index (χ1v) is 10.1. The number of aliphatic hydroxyl groups is 1. The summed E-state index contributed by atoms with van der Waals surface area (Å²) in [6, 6.07) is 8.10. The van der Waals surface area contributed by atoms with E-state index in [0.717, 1.165) is 43.5 Å². The van der Waals surface area contributed by atoms with Gasteiger partial charge >= 0.3 is 0 Å². The molecule has 0 aliphatic heterocycles. The molecule has 0 saturated carbocycles. The number of hydrogen-bond donors (Lipinski definition) is 3. The predicted octanol–water partition coefficient (Wildman–Crippen LogP) is 2.79. The zero-order valence-electron chi connectivity index (χ0n) is 17.8. The summed E-state index contributed by atoms with van der Waals surface area (Å²) in [4.78, 5) is 6.93. The first-order valence-electron chi connectivity index (χ1n) is 10.1. The molecule has 6 heteroatoms. The number of benzene rings is 1. The summed E-state index contributed by atoms with van der Waals surface area (Å²) in [6.07, 6.45) is -0.563. The van der Waals surface area contributed by atoms with E-state index in [9.17, 15) is 5.11 Å². The van der Waals surface area contributed by atoms with Crippen LogP contribution in [0.2, 0.25) is 0 Å². The van der Waals surface area contributed by atoms with Crippen molar-refractivity contribution >= 4 is 5.96 Å². The van der Waals surface area contributed by atoms with Gasteiger partial charge in [-0.15, -0.1) is 0 Å². The van der Waals surface area contributed by atoms with E-state index in [2.05, 4.69) is 41.3 Å². The Hall–Kier alpha value is -1.79. The Balaban J connectivity index is 2.63. The second-order valence-corrected chi connectivity index (χ2v) is 7.12. The summed E-state index contributed by atoms with van der Waals surface area (Å²) in [6.45, 7) is 16.5. The van der Waals surface area contributed by atoms with Crippen molar-refractivity contribution in [2.24, 2.45) is 4.99 Å². The van der Waals surface area contributed by atoms with Gasteiger partial charge in [0.1, 0.15) is 5.75 Å². The number of rotatable bonds is 11. The molecule has 0 radical (unpaired) electrons. The van der Waals surface area contributed by atoms with Crippen LogP contribution in [0.15, 0.2) is 29.3 Å². The van der Waals surface area contributed by atoms with Crippen molar-refractivity contribution in [2.45, 2.75) is 59.8 Å². The topological polar surface area (TPSA) is 69.1 Å². The fourth-order valence-corrected chi connectivity index (χ4v) is 2.79. The standard InChI is InChI=1S/C21H38N4O2/c1-7-22-21(23-12-13-25(8-2)16(3)4)24-15-20(26)18-10-9-11-19(14-18)27-17(5)6/h9-11,14,16-17,20,26H,7-8,12-13,15H2,1-6H3,(H2,22,23,24). The SMILES string of the molecule is CCNC(=NCC(O)c1cccc(OC(C)C)c1)NCCN(CC)C(C)C. The van der Waals surface area contributed by atoms with E-state index in [1.165, 1.54) is 0 Å². The fraction of sp³-hybridized carbons (Fsp3) is 0.667. The van der Waals surface area contributed by atoms with E-state index < -0.39 is 6.10 Å². The highest BCUT2D eigenvalue weighted by molar-refractivity contribution is 5.79. The molecule has 0 aromatic heterocycles. The largest absolute Gasteiger partial charge is 0.491 e. The third-order valence-corrected chi connectivity index (χ3v) is 4.21. The molecule has 27 heavy (non-hydrogen) atoms. The normalized spacial score (nSPS) is 13.3. The quantitative estimate of drug-likeness (QED) is 0.408. The van der Waals surface area contributed by atoms with Gasteiger partial charge < -0.3 is 20.5 Å². The van der Waals surface area contributed by atoms with Gasteiger partial charge in [-0.3, -0.25) is 9.89 Å². The maximum Gasteiger partial charge on any atom is 0.191 e. The van der Waals surface area contributed by atoms with Crippen LogP contribution in [-0.2, 0) is 0 Å². The molecule has 0 bridgehead atoms. The van der Waals surface area contributed by atoms with Crippen LogP contribution in [-0.4, -0.2) is 60.8 Å². The molecule has 0 aliphatic carbocycles. The second-order valence-electron chi connectivity index (χ2n) is 7.12. The Morgan fingerprint density at radius 1 is 1.19 bits per heavy atom. The summed E-state index contributed by atoms with van der Waals surface area (Å²) in [7, 11) is 0. The molecule has 1 unspecified atom stereocenters. The van der Waals surface area contributed by atoms with Crippen LogP contribution in [0.4, 0.5) is 0 Å². The second kappa shape index (κ2) is 12.6. The first kappa shape index (κ1) is 23.2. The minimum absolute atomic E-state index is 0.105. The molecule has 0 fully saturated rings. The molecule has 0 saturated heterocycles. The van der Waals surface area contributed by atoms with Gasteiger partial charge in [0.2, 0.25) is 0 Å². The molecular formula is C21H38N4O2. The van der Waals surface area contributed by atoms with Crippen molar-refractivity contribution in [3.05, 3.63) is 29.8 Å². The van der Waals surface area contributed by atoms with Gasteiger partial charge in [0.05, 0.1) is 18.8 Å². The summed E-state index contributed by atoms with van der Waals surface area (Å²) in [5, 5.41) is 17.1. The molecule has 1 aromatic rings. The van der Waals surface area contributed by atoms with Crippen LogP contribution in [0.1, 0.15) is 53.2 Å². The highest BCUT2D eigenvalue weighted by Crippen LogP contribution is 2.20. The Bertz CT molecular complexity index is 561. The van der Waals surface area contributed by atoms with Crippen molar-refractivity contribution in [3.8, 4) is 5.75 Å². The number of aliphatic hydroxyl groups excluding tert-OH is 1. The number of nitrogens with zero attached hydrogens (tertiary/aromatic N) is 2. The number of likely N-dealkylation sites (N-methyl/N-ethyl adjacent to an activating group) is 1. The number of nitrogens with one attached hydrogen (secondary N) is 2. The molecular weight excluding hydrogens is 340 g/mol. The van der Waals surface area contributed by atoms with Gasteiger partial charge in [0.25, 0.3) is 0 Å². The van der Waals surface area contributed by atoms with E-state index in [0.29, 0.717) is 12.6 Å². The monoisotopic (exact) mass is 378 g/mol. The van der Waals surface area contributed by atoms with Gasteiger partial charge in [0.15, 0.2) is 5.96 Å². The van der Waals surface area contributed by atoms with E-state index >= 15 is 0 Å². The zero-order valence-corrected chi connectivity index (χ0v) is 17.8. The molecule has 1 aromatic carbocycles. The minimum Gasteiger partial charge on any atom is -0.491 e. The van der Waals surface area contributed by atoms with E-state index in [1.54, 1.807) is 0 Å². The van der Waals surface area contributed by atoms with Gasteiger partial charge in [-0.2, -0.15) is 0 Å². The lowest BCUT2D eigenvalue weighted by Crippen LogP contribution is -2.43. The van der Waals surface area contributed by atoms with Crippen LogP contribution in [0, 0.1) is 0 Å². The van der Waals surface area contributed by atoms with Crippen LogP contribution in [0.25, 0.3) is 0 Å². The van der Waals surface area contributed by atoms with Crippen molar-refractivity contribution in [3.63, 3.8) is 0 Å². The molecule has 1 atom stereocenters. The molecule has 0 spiro atoms. The highest BCUT2D eigenvalue weighted by atomic mass is 16.5. The minimum atomic E-state index is -0.668. The fourth-order valence-electron chi connectivity index (χ4n) is 2.79. The van der Waals surface area contributed by atoms with Crippen LogP contribution in [0.3, 0.4) is 0 Å². The summed E-state index contributed by atoms with van der Waals surface area (Å²) >= 11 is 0. The summed E-state index contributed by atoms with van der Waals surface area (Å²) in [5.74, 6) is 1.50. The lowest BCUT2D eigenvalue weighted by Gasteiger charge is -2.25. The molecule has 3 N–H and O–H groups in total. The lowest BCUT2D eigenvalue weighted by atomic mass is 10.1. The van der Waals surface area contributed by atoms with Crippen molar-refractivity contribution in [1.29, 1.82) is 0 Å². The third kappa shape index (κ3) is 9.11. The van der Waals surface area contributed by atoms with E-state index in [1.807, 2.05) is 45.0 Å². The van der Waals surface area contributed by atoms with Crippen molar-refractivity contribution < 1.29 is 9.84 Å². The molecule has 0 amide bonds. The van der Waals surface area contributed by atoms with Gasteiger partial charge in [-0.05, 0) is 58.9 Å². The van der Waals surface area contributed by atoms with Crippen molar-refractivity contribution in [1.82, 2.24) is 15.5 Å². The van der Waals surface area contributed by atoms with E-state index in [4.69, 9.17) is 4.74 Å². The predicted molar refractivity (Wildman–Crippen MR) is 114 cm³/mol. The molecule has 0 aliphatic rings. The zero-order chi connectivity index (χ0) is 20.2. The number of aliphatic imine (C=N–C) groups is 1. The number of ether oxygens (including phenoxy) is 1. The Labute approximate surface area is 165 Å². The molecule has 1 rings (SSSR count). The van der Waals surface area contributed by atoms with Crippen LogP contribution >= 0.6 is 0 Å². The van der Waals surface area contributed by atoms with Gasteiger partial charge in [-0.1, -0.05) is 19.1 Å². The molecule has 6 nitrogen and oxygen atoms in total. The summed E-state index contributed by atoms with van der Waals surface area (Å²) < 4.78 is 5.70. The first-order chi connectivity index (χ1) is 12.9. The maximum atomic E-state index is 10.5. The Morgan fingerprint density at radius 2 is 1.93 bits per heavy atom.